The molecule has 0 aromatic rings. The lowest BCUT2D eigenvalue weighted by Gasteiger charge is -2.48. The van der Waals surface area contributed by atoms with Crippen LogP contribution in [0, 0.1) is 0 Å². The van der Waals surface area contributed by atoms with Crippen molar-refractivity contribution >= 4 is 5.91 Å². The molecule has 17 atom stereocenters. The lowest BCUT2D eigenvalue weighted by atomic mass is 9.96. The minimum absolute atomic E-state index is 0.209. The van der Waals surface area contributed by atoms with Crippen LogP contribution in [0.1, 0.15) is 219 Å². The predicted molar refractivity (Wildman–Crippen MR) is 346 cm³/mol. The summed E-state index contributed by atoms with van der Waals surface area (Å²) in [6.07, 6.45) is 38.3. The van der Waals surface area contributed by atoms with Crippen molar-refractivity contribution in [3.05, 3.63) is 85.1 Å². The number of allylic oxidation sites excluding steroid dienone is 13. The largest absolute Gasteiger partial charge is 0.394 e. The van der Waals surface area contributed by atoms with Crippen LogP contribution >= 0.6 is 0 Å². The maximum Gasteiger partial charge on any atom is 0.220 e. The van der Waals surface area contributed by atoms with Crippen LogP contribution in [0.4, 0.5) is 0 Å². The Balaban J connectivity index is 1.47. The molecule has 19 nitrogen and oxygen atoms in total. The van der Waals surface area contributed by atoms with Crippen LogP contribution in [0.5, 0.6) is 0 Å². The third-order valence-electron chi connectivity index (χ3n) is 16.7. The van der Waals surface area contributed by atoms with Gasteiger partial charge in [-0.25, -0.2) is 0 Å². The first-order valence-electron chi connectivity index (χ1n) is 34.3. The molecule has 0 bridgehead atoms. The van der Waals surface area contributed by atoms with Gasteiger partial charge in [-0.2, -0.15) is 0 Å². The van der Waals surface area contributed by atoms with Gasteiger partial charge in [-0.1, -0.05) is 227 Å². The zero-order valence-electron chi connectivity index (χ0n) is 54.1. The van der Waals surface area contributed by atoms with Crippen LogP contribution in [0.25, 0.3) is 0 Å². The molecular formula is C70H121NO18. The van der Waals surface area contributed by atoms with E-state index >= 15 is 0 Å². The Kier molecular flexibility index (Phi) is 46.3. The average molecular weight is 1260 g/mol. The molecule has 0 aliphatic carbocycles. The number of unbranched alkanes of at least 4 members (excludes halogenated alkanes) is 23. The molecule has 0 spiro atoms. The van der Waals surface area contributed by atoms with Gasteiger partial charge < -0.3 is 89.9 Å². The highest BCUT2D eigenvalue weighted by molar-refractivity contribution is 5.76. The molecule has 1 amide bonds. The van der Waals surface area contributed by atoms with Crippen molar-refractivity contribution in [3.63, 3.8) is 0 Å². The number of aliphatic hydroxyl groups excluding tert-OH is 11. The SMILES string of the molecule is CC/C=C\C/C=C\C/C=C\C/C=C\C/C=C\C/C=C\CCCCCCC(=O)NC(COC1OC(CO)C(OC2OC(CO)C(OC3OC(CO)C(O)C(O)C3O)C(O)C2O)C(O)C1O)C(O)/C=C/CCCCCCCCCCCCCCCCCCCCC. The summed E-state index contributed by atoms with van der Waals surface area (Å²) in [6, 6.07) is -0.993. The van der Waals surface area contributed by atoms with Crippen molar-refractivity contribution in [2.75, 3.05) is 26.4 Å². The molecule has 0 saturated carbocycles. The molecule has 0 aromatic carbocycles. The van der Waals surface area contributed by atoms with Gasteiger partial charge in [0.25, 0.3) is 0 Å². The van der Waals surface area contributed by atoms with E-state index in [4.69, 9.17) is 28.4 Å². The molecule has 17 unspecified atom stereocenters. The van der Waals surface area contributed by atoms with Crippen LogP contribution in [-0.2, 0) is 33.2 Å². The third-order valence-corrected chi connectivity index (χ3v) is 16.7. The summed E-state index contributed by atoms with van der Waals surface area (Å²) in [5, 5.41) is 120. The van der Waals surface area contributed by atoms with E-state index in [9.17, 15) is 61.0 Å². The van der Waals surface area contributed by atoms with E-state index in [1.165, 1.54) is 103 Å². The molecular weight excluding hydrogens is 1140 g/mol. The van der Waals surface area contributed by atoms with E-state index in [-0.39, 0.29) is 18.9 Å². The van der Waals surface area contributed by atoms with E-state index in [0.717, 1.165) is 89.9 Å². The van der Waals surface area contributed by atoms with Gasteiger partial charge in [0.05, 0.1) is 38.6 Å². The number of aliphatic hydroxyl groups is 11. The van der Waals surface area contributed by atoms with E-state index in [1.807, 2.05) is 6.08 Å². The van der Waals surface area contributed by atoms with E-state index < -0.39 is 124 Å². The normalized spacial score (nSPS) is 28.8. The predicted octanol–water partition coefficient (Wildman–Crippen LogP) is 8.71. The van der Waals surface area contributed by atoms with Gasteiger partial charge >= 0.3 is 0 Å². The second-order valence-corrected chi connectivity index (χ2v) is 24.3. The molecule has 89 heavy (non-hydrogen) atoms. The van der Waals surface area contributed by atoms with Gasteiger partial charge in [-0.3, -0.25) is 4.79 Å². The fourth-order valence-electron chi connectivity index (χ4n) is 11.1. The Morgan fingerprint density at radius 2 is 0.775 bits per heavy atom. The van der Waals surface area contributed by atoms with Crippen LogP contribution in [-0.4, -0.2) is 193 Å². The standard InChI is InChI=1S/C70H121NO18/c1-3-5-7-9-11-13-15-17-19-21-23-25-26-28-30-32-34-36-38-40-42-44-46-48-58(76)71-53(54(75)47-45-43-41-39-37-35-33-31-29-27-24-22-20-18-16-14-12-10-8-6-4-2)52-84-68-64(82)61(79)66(56(50-73)86-68)89-70-65(83)62(80)67(57(51-74)87-70)88-69-63(81)60(78)59(77)55(49-72)85-69/h5,7,11,13,17,19,23,25,28,30,34,36,45,47,53-57,59-70,72-75,77-83H,3-4,6,8-10,12,14-16,18,20-22,24,26-27,29,31-33,35,37-44,46,48-52H2,1-2H3,(H,71,76)/b7-5-,13-11-,19-17-,25-23-,30-28-,36-34-,47-45+. The smallest absolute Gasteiger partial charge is 0.220 e. The van der Waals surface area contributed by atoms with E-state index in [0.29, 0.717) is 6.42 Å². The lowest BCUT2D eigenvalue weighted by molar-refractivity contribution is -0.379. The number of hydrogen-bond donors (Lipinski definition) is 12. The molecule has 19 heteroatoms. The van der Waals surface area contributed by atoms with Gasteiger partial charge in [-0.05, 0) is 70.6 Å². The van der Waals surface area contributed by atoms with Crippen molar-refractivity contribution in [3.8, 4) is 0 Å². The van der Waals surface area contributed by atoms with E-state index in [2.05, 4.69) is 92.1 Å². The summed E-state index contributed by atoms with van der Waals surface area (Å²) >= 11 is 0. The van der Waals surface area contributed by atoms with Crippen molar-refractivity contribution < 1.29 is 89.4 Å². The molecule has 3 aliphatic rings. The molecule has 3 heterocycles. The van der Waals surface area contributed by atoms with Crippen molar-refractivity contribution in [1.82, 2.24) is 5.32 Å². The van der Waals surface area contributed by atoms with Crippen LogP contribution in [0.3, 0.4) is 0 Å². The van der Waals surface area contributed by atoms with Crippen LogP contribution < -0.4 is 5.32 Å². The number of carbonyl (C=O) groups excluding carboxylic acids is 1. The highest BCUT2D eigenvalue weighted by Crippen LogP contribution is 2.33. The summed E-state index contributed by atoms with van der Waals surface area (Å²) in [7, 11) is 0. The Labute approximate surface area is 533 Å². The van der Waals surface area contributed by atoms with Crippen molar-refractivity contribution in [2.45, 2.75) is 324 Å². The minimum Gasteiger partial charge on any atom is -0.394 e. The second-order valence-electron chi connectivity index (χ2n) is 24.3. The number of nitrogens with one attached hydrogen (secondary N) is 1. The number of rotatable bonds is 51. The fourth-order valence-corrected chi connectivity index (χ4v) is 11.1. The highest BCUT2D eigenvalue weighted by atomic mass is 16.8. The molecule has 0 radical (unpaired) electrons. The monoisotopic (exact) mass is 1260 g/mol. The molecule has 0 aromatic heterocycles. The number of hydrogen-bond acceptors (Lipinski definition) is 18. The number of amides is 1. The Morgan fingerprint density at radius 3 is 1.21 bits per heavy atom. The zero-order chi connectivity index (χ0) is 64.7. The lowest BCUT2D eigenvalue weighted by Crippen LogP contribution is -2.66. The summed E-state index contributed by atoms with van der Waals surface area (Å²) in [5.74, 6) is -0.302. The first-order valence-corrected chi connectivity index (χ1v) is 34.3. The molecule has 3 aliphatic heterocycles. The topological polar surface area (TPSA) is 307 Å². The molecule has 514 valence electrons. The van der Waals surface area contributed by atoms with Gasteiger partial charge in [0.1, 0.15) is 73.2 Å². The number of ether oxygens (including phenoxy) is 6. The number of carbonyl (C=O) groups is 1. The molecule has 3 saturated heterocycles. The molecule has 12 N–H and O–H groups in total. The van der Waals surface area contributed by atoms with Crippen molar-refractivity contribution in [2.24, 2.45) is 0 Å². The maximum atomic E-state index is 13.4. The molecule has 3 fully saturated rings. The van der Waals surface area contributed by atoms with Gasteiger partial charge in [-0.15, -0.1) is 0 Å². The van der Waals surface area contributed by atoms with Crippen LogP contribution in [0.2, 0.25) is 0 Å². The Morgan fingerprint density at radius 1 is 0.416 bits per heavy atom. The first-order chi connectivity index (χ1) is 43.3. The van der Waals surface area contributed by atoms with Gasteiger partial charge in [0, 0.05) is 6.42 Å². The Bertz CT molecular complexity index is 1940. The highest BCUT2D eigenvalue weighted by Gasteiger charge is 2.53. The third kappa shape index (κ3) is 33.6. The average Bonchev–Trinajstić information content (AvgIpc) is 2.09. The zero-order valence-corrected chi connectivity index (χ0v) is 54.1. The van der Waals surface area contributed by atoms with Crippen molar-refractivity contribution in [1.29, 1.82) is 0 Å². The summed E-state index contributed by atoms with van der Waals surface area (Å²) in [4.78, 5) is 13.4. The Hall–Kier alpha value is -3.03. The van der Waals surface area contributed by atoms with Crippen LogP contribution in [0.15, 0.2) is 85.1 Å². The second kappa shape index (κ2) is 51.4. The summed E-state index contributed by atoms with van der Waals surface area (Å²) in [5.41, 5.74) is 0. The quantitative estimate of drug-likeness (QED) is 0.0200. The summed E-state index contributed by atoms with van der Waals surface area (Å²) in [6.45, 7) is 1.60. The maximum absolute atomic E-state index is 13.4. The minimum atomic E-state index is -1.98. The molecule has 3 rings (SSSR count). The van der Waals surface area contributed by atoms with Gasteiger partial charge in [0.2, 0.25) is 5.91 Å². The summed E-state index contributed by atoms with van der Waals surface area (Å²) < 4.78 is 34.3. The first kappa shape index (κ1) is 80.2. The van der Waals surface area contributed by atoms with E-state index in [1.54, 1.807) is 6.08 Å². The fraction of sp³-hybridized carbons (Fsp3) is 0.786. The van der Waals surface area contributed by atoms with Gasteiger partial charge in [0.15, 0.2) is 18.9 Å².